The highest BCUT2D eigenvalue weighted by molar-refractivity contribution is 5.26. The summed E-state index contributed by atoms with van der Waals surface area (Å²) in [7, 11) is 1.55. The van der Waals surface area contributed by atoms with Gasteiger partial charge in [0.05, 0.1) is 30.7 Å². The molecule has 3 heterocycles. The van der Waals surface area contributed by atoms with Crippen molar-refractivity contribution in [3.8, 4) is 11.4 Å². The van der Waals surface area contributed by atoms with Crippen molar-refractivity contribution < 1.29 is 9.26 Å². The number of aryl methyl sites for hydroxylation is 2. The van der Waals surface area contributed by atoms with E-state index in [1.54, 1.807) is 17.9 Å². The van der Waals surface area contributed by atoms with Gasteiger partial charge >= 0.3 is 11.4 Å². The van der Waals surface area contributed by atoms with Crippen molar-refractivity contribution in [1.29, 1.82) is 0 Å². The van der Waals surface area contributed by atoms with Gasteiger partial charge in [-0.25, -0.2) is 23.5 Å². The van der Waals surface area contributed by atoms with Crippen LogP contribution in [0.2, 0.25) is 0 Å². The summed E-state index contributed by atoms with van der Waals surface area (Å²) < 4.78 is 16.2. The van der Waals surface area contributed by atoms with Crippen LogP contribution in [0.1, 0.15) is 17.0 Å². The maximum absolute atomic E-state index is 12.9. The molecule has 0 amide bonds. The summed E-state index contributed by atoms with van der Waals surface area (Å²) >= 11 is 0. The summed E-state index contributed by atoms with van der Waals surface area (Å²) in [4.78, 5) is 25.6. The van der Waals surface area contributed by atoms with Crippen LogP contribution in [0.5, 0.6) is 5.75 Å². The average molecular weight is 410 g/mol. The summed E-state index contributed by atoms with van der Waals surface area (Å²) in [6, 6.07) is 9.30. The molecule has 4 rings (SSSR count). The van der Waals surface area contributed by atoms with Crippen molar-refractivity contribution in [2.24, 2.45) is 7.05 Å². The fourth-order valence-corrected chi connectivity index (χ4v) is 3.25. The van der Waals surface area contributed by atoms with E-state index in [0.29, 0.717) is 23.7 Å². The summed E-state index contributed by atoms with van der Waals surface area (Å²) in [6.45, 7) is 4.61. The van der Waals surface area contributed by atoms with Crippen molar-refractivity contribution >= 4 is 0 Å². The third kappa shape index (κ3) is 3.59. The van der Waals surface area contributed by atoms with Gasteiger partial charge in [-0.2, -0.15) is 5.10 Å². The van der Waals surface area contributed by atoms with E-state index in [1.807, 2.05) is 44.2 Å². The van der Waals surface area contributed by atoms with Crippen LogP contribution < -0.4 is 16.1 Å². The van der Waals surface area contributed by atoms with Crippen LogP contribution in [0.4, 0.5) is 0 Å². The van der Waals surface area contributed by atoms with Crippen LogP contribution in [0.3, 0.4) is 0 Å². The highest BCUT2D eigenvalue weighted by atomic mass is 16.5. The van der Waals surface area contributed by atoms with Gasteiger partial charge in [-0.15, -0.1) is 0 Å². The Morgan fingerprint density at radius 2 is 1.87 bits per heavy atom. The van der Waals surface area contributed by atoms with Crippen LogP contribution in [-0.4, -0.2) is 35.5 Å². The lowest BCUT2D eigenvalue weighted by atomic mass is 10.2. The highest BCUT2D eigenvalue weighted by Gasteiger charge is 2.17. The minimum absolute atomic E-state index is 0.236. The van der Waals surface area contributed by atoms with E-state index in [1.165, 1.54) is 15.6 Å². The zero-order valence-electron chi connectivity index (χ0n) is 17.0. The lowest BCUT2D eigenvalue weighted by Gasteiger charge is -2.07. The second-order valence-corrected chi connectivity index (χ2v) is 6.91. The van der Waals surface area contributed by atoms with Gasteiger partial charge in [-0.1, -0.05) is 23.4 Å². The molecule has 0 N–H and O–H groups in total. The van der Waals surface area contributed by atoms with Gasteiger partial charge in [-0.05, 0) is 26.0 Å². The number of hydrogen-bond acceptors (Lipinski definition) is 6. The van der Waals surface area contributed by atoms with Crippen LogP contribution in [-0.2, 0) is 20.1 Å². The van der Waals surface area contributed by atoms with Crippen molar-refractivity contribution in [3.05, 3.63) is 80.7 Å². The van der Waals surface area contributed by atoms with Gasteiger partial charge < -0.3 is 9.26 Å². The SMILES string of the molecule is Cc1noc(C)c1Cn1cc(-n2c(=O)n(C)n(CCOc3ccccc3)c2=O)cn1. The maximum Gasteiger partial charge on any atom is 0.352 e. The summed E-state index contributed by atoms with van der Waals surface area (Å²) in [5, 5.41) is 8.21. The van der Waals surface area contributed by atoms with E-state index in [0.717, 1.165) is 15.8 Å². The molecule has 0 spiro atoms. The molecular weight excluding hydrogens is 388 g/mol. The molecule has 4 aromatic rings. The van der Waals surface area contributed by atoms with E-state index in [4.69, 9.17) is 9.26 Å². The zero-order chi connectivity index (χ0) is 21.3. The quantitative estimate of drug-likeness (QED) is 0.455. The fraction of sp³-hybridized carbons (Fsp3) is 0.300. The van der Waals surface area contributed by atoms with E-state index in [-0.39, 0.29) is 13.2 Å². The van der Waals surface area contributed by atoms with Crippen molar-refractivity contribution in [1.82, 2.24) is 28.9 Å². The Labute approximate surface area is 171 Å². The number of aromatic nitrogens is 6. The van der Waals surface area contributed by atoms with Crippen LogP contribution in [0.15, 0.2) is 56.8 Å². The molecule has 3 aromatic heterocycles. The number of nitrogens with zero attached hydrogens (tertiary/aromatic N) is 6. The van der Waals surface area contributed by atoms with Gasteiger partial charge in [0.1, 0.15) is 18.1 Å². The minimum atomic E-state index is -0.448. The van der Waals surface area contributed by atoms with E-state index in [2.05, 4.69) is 10.3 Å². The number of rotatable bonds is 7. The molecule has 0 aliphatic rings. The Bertz CT molecular complexity index is 1260. The second kappa shape index (κ2) is 7.90. The molecule has 0 fully saturated rings. The van der Waals surface area contributed by atoms with Crippen molar-refractivity contribution in [2.45, 2.75) is 26.9 Å². The van der Waals surface area contributed by atoms with Gasteiger partial charge in [0.2, 0.25) is 0 Å². The minimum Gasteiger partial charge on any atom is -0.492 e. The van der Waals surface area contributed by atoms with Gasteiger partial charge in [0.25, 0.3) is 0 Å². The van der Waals surface area contributed by atoms with Crippen molar-refractivity contribution in [2.75, 3.05) is 6.61 Å². The summed E-state index contributed by atoms with van der Waals surface area (Å²) in [6.07, 6.45) is 3.14. The highest BCUT2D eigenvalue weighted by Crippen LogP contribution is 2.14. The third-order valence-electron chi connectivity index (χ3n) is 4.94. The molecule has 0 saturated heterocycles. The Kier molecular flexibility index (Phi) is 5.13. The predicted octanol–water partition coefficient (Wildman–Crippen LogP) is 1.27. The predicted molar refractivity (Wildman–Crippen MR) is 108 cm³/mol. The van der Waals surface area contributed by atoms with Gasteiger partial charge in [-0.3, -0.25) is 4.68 Å². The van der Waals surface area contributed by atoms with Gasteiger partial charge in [0.15, 0.2) is 0 Å². The molecule has 0 aliphatic heterocycles. The van der Waals surface area contributed by atoms with Crippen LogP contribution in [0.25, 0.3) is 5.69 Å². The molecule has 30 heavy (non-hydrogen) atoms. The Morgan fingerprint density at radius 1 is 1.10 bits per heavy atom. The van der Waals surface area contributed by atoms with E-state index >= 15 is 0 Å². The smallest absolute Gasteiger partial charge is 0.352 e. The number of hydrogen-bond donors (Lipinski definition) is 0. The number of para-hydroxylation sites is 1. The molecule has 0 saturated carbocycles. The molecule has 156 valence electrons. The first-order valence-corrected chi connectivity index (χ1v) is 9.47. The standard InChI is InChI=1S/C20H22N6O4/c1-14-18(15(2)30-22-14)13-24-12-16(11-21-24)26-19(27)23(3)25(20(26)28)9-10-29-17-7-5-4-6-8-17/h4-8,11-12H,9-10,13H2,1-3H3. The van der Waals surface area contributed by atoms with E-state index in [9.17, 15) is 9.59 Å². The van der Waals surface area contributed by atoms with Crippen LogP contribution >= 0.6 is 0 Å². The number of ether oxygens (including phenoxy) is 1. The first-order valence-electron chi connectivity index (χ1n) is 9.47. The van der Waals surface area contributed by atoms with Crippen LogP contribution in [0, 0.1) is 13.8 Å². The third-order valence-corrected chi connectivity index (χ3v) is 4.94. The Balaban J connectivity index is 1.55. The van der Waals surface area contributed by atoms with Gasteiger partial charge in [0, 0.05) is 18.8 Å². The lowest BCUT2D eigenvalue weighted by molar-refractivity contribution is 0.278. The number of benzene rings is 1. The molecule has 0 radical (unpaired) electrons. The largest absolute Gasteiger partial charge is 0.492 e. The maximum atomic E-state index is 12.9. The normalized spacial score (nSPS) is 11.2. The lowest BCUT2D eigenvalue weighted by Crippen LogP contribution is -2.28. The first kappa shape index (κ1) is 19.5. The molecule has 0 unspecified atom stereocenters. The molecule has 1 aromatic carbocycles. The molecule has 0 atom stereocenters. The Morgan fingerprint density at radius 3 is 2.57 bits per heavy atom. The summed E-state index contributed by atoms with van der Waals surface area (Å²) in [5.41, 5.74) is 1.20. The molecule has 0 aliphatic carbocycles. The molecule has 10 nitrogen and oxygen atoms in total. The monoisotopic (exact) mass is 410 g/mol. The molecule has 10 heteroatoms. The first-order chi connectivity index (χ1) is 14.5. The zero-order valence-corrected chi connectivity index (χ0v) is 17.0. The van der Waals surface area contributed by atoms with E-state index < -0.39 is 11.4 Å². The molecule has 0 bridgehead atoms. The average Bonchev–Trinajstić information content (AvgIpc) is 3.38. The summed E-state index contributed by atoms with van der Waals surface area (Å²) in [5.74, 6) is 1.41. The fourth-order valence-electron chi connectivity index (χ4n) is 3.25. The van der Waals surface area contributed by atoms with Crippen molar-refractivity contribution in [3.63, 3.8) is 0 Å². The Hall–Kier alpha value is -3.82. The second-order valence-electron chi connectivity index (χ2n) is 6.91. The molecular formula is C20H22N6O4. The topological polar surface area (TPSA) is 102 Å².